The van der Waals surface area contributed by atoms with E-state index in [1.165, 1.54) is 19.3 Å². The van der Waals surface area contributed by atoms with Crippen molar-refractivity contribution in [3.63, 3.8) is 0 Å². The van der Waals surface area contributed by atoms with E-state index in [1.807, 2.05) is 20.8 Å². The summed E-state index contributed by atoms with van der Waals surface area (Å²) in [6.07, 6.45) is 5.90. The molecule has 0 aromatic carbocycles. The number of carbonyl (C=O) groups is 1. The highest BCUT2D eigenvalue weighted by Gasteiger charge is 2.59. The second-order valence-corrected chi connectivity index (χ2v) is 10.0. The second kappa shape index (κ2) is 5.37. The first-order valence-electron chi connectivity index (χ1n) is 9.25. The Morgan fingerprint density at radius 2 is 1.78 bits per heavy atom. The summed E-state index contributed by atoms with van der Waals surface area (Å²) in [6.45, 7) is 13.0. The summed E-state index contributed by atoms with van der Waals surface area (Å²) in [4.78, 5) is 11.8. The number of hydrogen-bond acceptors (Lipinski definition) is 3. The molecule has 0 saturated heterocycles. The second-order valence-electron chi connectivity index (χ2n) is 10.0. The van der Waals surface area contributed by atoms with E-state index in [-0.39, 0.29) is 12.1 Å². The largest absolute Gasteiger partial charge is 0.444 e. The molecule has 4 nitrogen and oxygen atoms in total. The maximum Gasteiger partial charge on any atom is 0.407 e. The summed E-state index contributed by atoms with van der Waals surface area (Å²) in [5.41, 5.74) is 0.446. The lowest BCUT2D eigenvalue weighted by Crippen LogP contribution is -2.60. The van der Waals surface area contributed by atoms with Crippen molar-refractivity contribution in [3.8, 4) is 0 Å². The Bertz CT molecular complexity index is 471. The van der Waals surface area contributed by atoms with Crippen LogP contribution in [0.1, 0.15) is 73.6 Å². The van der Waals surface area contributed by atoms with Gasteiger partial charge in [0.1, 0.15) is 5.60 Å². The smallest absolute Gasteiger partial charge is 0.407 e. The van der Waals surface area contributed by atoms with E-state index < -0.39 is 5.60 Å². The topological polar surface area (TPSA) is 50.4 Å². The quantitative estimate of drug-likeness (QED) is 0.830. The summed E-state index contributed by atoms with van der Waals surface area (Å²) >= 11 is 0. The van der Waals surface area contributed by atoms with Crippen molar-refractivity contribution in [1.29, 1.82) is 0 Å². The molecule has 4 heteroatoms. The van der Waals surface area contributed by atoms with Crippen molar-refractivity contribution in [2.45, 2.75) is 97.4 Å². The van der Waals surface area contributed by atoms with Gasteiger partial charge in [-0.05, 0) is 69.6 Å². The van der Waals surface area contributed by atoms with Crippen LogP contribution >= 0.6 is 0 Å². The number of hydrogen-bond donors (Lipinski definition) is 2. The molecule has 3 rings (SSSR count). The number of amides is 1. The Labute approximate surface area is 141 Å². The van der Waals surface area contributed by atoms with Crippen LogP contribution in [0.4, 0.5) is 4.79 Å². The monoisotopic (exact) mass is 322 g/mol. The zero-order valence-electron chi connectivity index (χ0n) is 15.7. The van der Waals surface area contributed by atoms with Crippen LogP contribution in [0.2, 0.25) is 0 Å². The fourth-order valence-electron chi connectivity index (χ4n) is 5.30. The third-order valence-corrected chi connectivity index (χ3v) is 6.53. The minimum Gasteiger partial charge on any atom is -0.444 e. The number of ether oxygens (including phenoxy) is 1. The molecule has 3 atom stereocenters. The number of rotatable bonds is 3. The molecule has 2 bridgehead atoms. The third kappa shape index (κ3) is 3.24. The van der Waals surface area contributed by atoms with E-state index in [9.17, 15) is 4.79 Å². The zero-order chi connectivity index (χ0) is 17.0. The Morgan fingerprint density at radius 3 is 2.30 bits per heavy atom. The van der Waals surface area contributed by atoms with Gasteiger partial charge in [0.15, 0.2) is 0 Å². The van der Waals surface area contributed by atoms with Gasteiger partial charge in [0.05, 0.1) is 0 Å². The Morgan fingerprint density at radius 1 is 1.13 bits per heavy atom. The Hall–Kier alpha value is -0.770. The van der Waals surface area contributed by atoms with Crippen LogP contribution in [0, 0.1) is 16.7 Å². The molecule has 3 fully saturated rings. The van der Waals surface area contributed by atoms with Gasteiger partial charge < -0.3 is 15.4 Å². The standard InChI is InChI=1S/C19H34N2O2/c1-17(2,3)23-16(22)21-14-9-13(10-14)20-15-18(4,5)12-7-8-19(15,6)11-12/h12-15,20H,7-11H2,1-6H3,(H,21,22). The van der Waals surface area contributed by atoms with Gasteiger partial charge in [0, 0.05) is 18.1 Å². The van der Waals surface area contributed by atoms with Gasteiger partial charge in [0.25, 0.3) is 0 Å². The molecule has 0 radical (unpaired) electrons. The number of fused-ring (bicyclic) bond motifs is 2. The van der Waals surface area contributed by atoms with Crippen LogP contribution in [-0.4, -0.2) is 29.8 Å². The van der Waals surface area contributed by atoms with Crippen molar-refractivity contribution in [2.24, 2.45) is 16.7 Å². The summed E-state index contributed by atoms with van der Waals surface area (Å²) < 4.78 is 5.33. The number of alkyl carbamates (subject to hydrolysis) is 1. The lowest BCUT2D eigenvalue weighted by Gasteiger charge is -2.48. The van der Waals surface area contributed by atoms with Crippen molar-refractivity contribution in [3.05, 3.63) is 0 Å². The third-order valence-electron chi connectivity index (χ3n) is 6.53. The van der Waals surface area contributed by atoms with Crippen LogP contribution in [0.25, 0.3) is 0 Å². The summed E-state index contributed by atoms with van der Waals surface area (Å²) in [5.74, 6) is 0.876. The molecule has 0 heterocycles. The molecule has 0 aromatic rings. The van der Waals surface area contributed by atoms with Crippen molar-refractivity contribution in [2.75, 3.05) is 0 Å². The van der Waals surface area contributed by atoms with Gasteiger partial charge in [0.2, 0.25) is 0 Å². The Kier molecular flexibility index (Phi) is 3.98. The van der Waals surface area contributed by atoms with E-state index in [1.54, 1.807) is 0 Å². The fourth-order valence-corrected chi connectivity index (χ4v) is 5.30. The molecule has 0 spiro atoms. The maximum atomic E-state index is 11.8. The van der Waals surface area contributed by atoms with Crippen LogP contribution in [0.15, 0.2) is 0 Å². The molecule has 0 aliphatic heterocycles. The highest BCUT2D eigenvalue weighted by atomic mass is 16.6. The van der Waals surface area contributed by atoms with E-state index in [4.69, 9.17) is 4.74 Å². The van der Waals surface area contributed by atoms with Gasteiger partial charge in [-0.15, -0.1) is 0 Å². The van der Waals surface area contributed by atoms with Gasteiger partial charge in [-0.25, -0.2) is 4.79 Å². The minimum atomic E-state index is -0.423. The molecule has 1 amide bonds. The molecule has 3 aliphatic rings. The van der Waals surface area contributed by atoms with Crippen LogP contribution < -0.4 is 10.6 Å². The summed E-state index contributed by atoms with van der Waals surface area (Å²) in [7, 11) is 0. The first-order valence-corrected chi connectivity index (χ1v) is 9.25. The first kappa shape index (κ1) is 17.1. The lowest BCUT2D eigenvalue weighted by atomic mass is 9.67. The predicted molar refractivity (Wildman–Crippen MR) is 92.3 cm³/mol. The average Bonchev–Trinajstić information content (AvgIpc) is 2.79. The van der Waals surface area contributed by atoms with Crippen LogP contribution in [0.3, 0.4) is 0 Å². The SMILES string of the molecule is CC(C)(C)OC(=O)NC1CC(NC2C3(C)CCC(C3)C2(C)C)C1. The molecular weight excluding hydrogens is 288 g/mol. The maximum absolute atomic E-state index is 11.8. The minimum absolute atomic E-state index is 0.261. The predicted octanol–water partition coefficient (Wildman–Crippen LogP) is 3.85. The number of carbonyl (C=O) groups excluding carboxylic acids is 1. The van der Waals surface area contributed by atoms with Gasteiger partial charge in [-0.3, -0.25) is 0 Å². The van der Waals surface area contributed by atoms with E-state index in [2.05, 4.69) is 31.4 Å². The molecule has 3 saturated carbocycles. The van der Waals surface area contributed by atoms with Crippen molar-refractivity contribution >= 4 is 6.09 Å². The molecule has 3 aliphatic carbocycles. The fraction of sp³-hybridized carbons (Fsp3) is 0.947. The van der Waals surface area contributed by atoms with E-state index in [0.29, 0.717) is 22.9 Å². The van der Waals surface area contributed by atoms with Crippen molar-refractivity contribution in [1.82, 2.24) is 10.6 Å². The highest BCUT2D eigenvalue weighted by Crippen LogP contribution is 2.62. The highest BCUT2D eigenvalue weighted by molar-refractivity contribution is 5.68. The first-order chi connectivity index (χ1) is 10.5. The number of nitrogens with one attached hydrogen (secondary N) is 2. The summed E-state index contributed by atoms with van der Waals surface area (Å²) in [6, 6.07) is 1.41. The molecule has 132 valence electrons. The van der Waals surface area contributed by atoms with E-state index >= 15 is 0 Å². The molecule has 3 unspecified atom stereocenters. The van der Waals surface area contributed by atoms with E-state index in [0.717, 1.165) is 18.8 Å². The molecular formula is C19H34N2O2. The van der Waals surface area contributed by atoms with Gasteiger partial charge in [-0.1, -0.05) is 20.8 Å². The lowest BCUT2D eigenvalue weighted by molar-refractivity contribution is 0.0424. The van der Waals surface area contributed by atoms with Gasteiger partial charge >= 0.3 is 6.09 Å². The van der Waals surface area contributed by atoms with Crippen molar-refractivity contribution < 1.29 is 9.53 Å². The summed E-state index contributed by atoms with van der Waals surface area (Å²) in [5, 5.41) is 6.93. The molecule has 2 N–H and O–H groups in total. The molecule has 0 aromatic heterocycles. The normalized spacial score (nSPS) is 41.5. The molecule has 23 heavy (non-hydrogen) atoms. The van der Waals surface area contributed by atoms with Gasteiger partial charge in [-0.2, -0.15) is 0 Å². The van der Waals surface area contributed by atoms with Crippen LogP contribution in [-0.2, 0) is 4.74 Å². The van der Waals surface area contributed by atoms with Crippen LogP contribution in [0.5, 0.6) is 0 Å². The Balaban J connectivity index is 1.47. The average molecular weight is 322 g/mol. The zero-order valence-corrected chi connectivity index (χ0v) is 15.7.